The van der Waals surface area contributed by atoms with E-state index >= 15 is 0 Å². The fraction of sp³-hybridized carbons (Fsp3) is 0.143. The first-order chi connectivity index (χ1) is 13.1. The van der Waals surface area contributed by atoms with Crippen molar-refractivity contribution in [2.45, 2.75) is 13.5 Å². The van der Waals surface area contributed by atoms with Crippen LogP contribution in [0.3, 0.4) is 0 Å². The molecule has 2 heterocycles. The molecule has 4 rings (SSSR count). The molecule has 0 fully saturated rings. The van der Waals surface area contributed by atoms with E-state index in [-0.39, 0.29) is 0 Å². The predicted molar refractivity (Wildman–Crippen MR) is 107 cm³/mol. The van der Waals surface area contributed by atoms with Gasteiger partial charge in [0.15, 0.2) is 0 Å². The minimum Gasteiger partial charge on any atom is -0.487 e. The van der Waals surface area contributed by atoms with Gasteiger partial charge in [-0.3, -0.25) is 4.68 Å². The van der Waals surface area contributed by atoms with Gasteiger partial charge < -0.3 is 9.72 Å². The molecule has 5 nitrogen and oxygen atoms in total. The largest absolute Gasteiger partial charge is 0.487 e. The Morgan fingerprint density at radius 1 is 1.00 bits per heavy atom. The van der Waals surface area contributed by atoms with Gasteiger partial charge in [0.25, 0.3) is 0 Å². The van der Waals surface area contributed by atoms with Crippen LogP contribution >= 0.6 is 11.6 Å². The van der Waals surface area contributed by atoms with Gasteiger partial charge in [0.1, 0.15) is 18.2 Å². The first-order valence-electron chi connectivity index (χ1n) is 8.63. The normalized spacial score (nSPS) is 10.9. The number of benzene rings is 2. The molecule has 0 unspecified atom stereocenters. The molecule has 0 aliphatic rings. The quantitative estimate of drug-likeness (QED) is 0.530. The van der Waals surface area contributed by atoms with Crippen molar-refractivity contribution in [1.82, 2.24) is 19.7 Å². The van der Waals surface area contributed by atoms with E-state index in [1.165, 1.54) is 0 Å². The summed E-state index contributed by atoms with van der Waals surface area (Å²) < 4.78 is 7.55. The van der Waals surface area contributed by atoms with E-state index in [9.17, 15) is 0 Å². The monoisotopic (exact) mass is 378 g/mol. The van der Waals surface area contributed by atoms with Crippen molar-refractivity contribution in [3.8, 4) is 28.4 Å². The van der Waals surface area contributed by atoms with Crippen LogP contribution in [0.25, 0.3) is 22.6 Å². The molecule has 2 aromatic carbocycles. The van der Waals surface area contributed by atoms with Crippen molar-refractivity contribution in [2.24, 2.45) is 7.05 Å². The van der Waals surface area contributed by atoms with Gasteiger partial charge in [-0.25, -0.2) is 4.98 Å². The number of rotatable bonds is 5. The lowest BCUT2D eigenvalue weighted by atomic mass is 10.1. The molecule has 0 bridgehead atoms. The number of ether oxygens (including phenoxy) is 1. The van der Waals surface area contributed by atoms with Gasteiger partial charge in [-0.1, -0.05) is 23.7 Å². The van der Waals surface area contributed by atoms with E-state index in [0.717, 1.165) is 44.8 Å². The summed E-state index contributed by atoms with van der Waals surface area (Å²) >= 11 is 5.98. The van der Waals surface area contributed by atoms with Gasteiger partial charge >= 0.3 is 0 Å². The number of halogens is 1. The van der Waals surface area contributed by atoms with Crippen LogP contribution in [0.1, 0.15) is 11.4 Å². The third-order valence-corrected chi connectivity index (χ3v) is 4.55. The van der Waals surface area contributed by atoms with Gasteiger partial charge in [0, 0.05) is 23.8 Å². The third kappa shape index (κ3) is 3.88. The van der Waals surface area contributed by atoms with Crippen LogP contribution in [-0.2, 0) is 13.7 Å². The molecular formula is C21H19ClN4O. The van der Waals surface area contributed by atoms with Gasteiger partial charge in [0.05, 0.1) is 17.1 Å². The Morgan fingerprint density at radius 3 is 2.37 bits per heavy atom. The van der Waals surface area contributed by atoms with Crippen molar-refractivity contribution < 1.29 is 4.74 Å². The van der Waals surface area contributed by atoms with Crippen molar-refractivity contribution >= 4 is 11.6 Å². The number of aromatic amines is 1. The minimum absolute atomic E-state index is 0.445. The number of hydrogen-bond acceptors (Lipinski definition) is 3. The molecule has 0 saturated carbocycles. The second-order valence-electron chi connectivity index (χ2n) is 6.35. The predicted octanol–water partition coefficient (Wildman–Crippen LogP) is 5.02. The Bertz CT molecular complexity index is 1050. The zero-order valence-electron chi connectivity index (χ0n) is 15.1. The van der Waals surface area contributed by atoms with Crippen LogP contribution in [0.4, 0.5) is 0 Å². The molecule has 27 heavy (non-hydrogen) atoms. The average molecular weight is 379 g/mol. The van der Waals surface area contributed by atoms with E-state index in [2.05, 4.69) is 15.1 Å². The van der Waals surface area contributed by atoms with E-state index in [1.807, 2.05) is 74.8 Å². The highest BCUT2D eigenvalue weighted by atomic mass is 35.5. The van der Waals surface area contributed by atoms with Gasteiger partial charge in [-0.15, -0.1) is 0 Å². The third-order valence-electron chi connectivity index (χ3n) is 4.30. The fourth-order valence-corrected chi connectivity index (χ4v) is 3.03. The summed E-state index contributed by atoms with van der Waals surface area (Å²) in [6.45, 7) is 2.44. The second-order valence-corrected chi connectivity index (χ2v) is 6.78. The number of aromatic nitrogens is 4. The van der Waals surface area contributed by atoms with E-state index in [0.29, 0.717) is 6.61 Å². The van der Waals surface area contributed by atoms with Gasteiger partial charge in [-0.2, -0.15) is 5.10 Å². The van der Waals surface area contributed by atoms with Crippen LogP contribution < -0.4 is 4.74 Å². The summed E-state index contributed by atoms with van der Waals surface area (Å²) in [6, 6.07) is 17.6. The molecule has 6 heteroatoms. The summed E-state index contributed by atoms with van der Waals surface area (Å²) in [6.07, 6.45) is 1.90. The van der Waals surface area contributed by atoms with E-state index < -0.39 is 0 Å². The Morgan fingerprint density at radius 2 is 1.70 bits per heavy atom. The average Bonchev–Trinajstić information content (AvgIpc) is 3.27. The maximum atomic E-state index is 5.98. The highest BCUT2D eigenvalue weighted by molar-refractivity contribution is 6.30. The Balaban J connectivity index is 1.50. The van der Waals surface area contributed by atoms with Gasteiger partial charge in [-0.05, 0) is 55.0 Å². The SMILES string of the molecule is Cc1nc(-c2ccc(OCc3ccn(C)n3)cc2)[nH]c1-c1ccc(Cl)cc1. The van der Waals surface area contributed by atoms with Crippen LogP contribution in [0, 0.1) is 6.92 Å². The Labute approximate surface area is 162 Å². The molecule has 0 atom stereocenters. The Kier molecular flexibility index (Phi) is 4.69. The summed E-state index contributed by atoms with van der Waals surface area (Å²) in [5, 5.41) is 5.03. The first kappa shape index (κ1) is 17.4. The summed E-state index contributed by atoms with van der Waals surface area (Å²) in [5.74, 6) is 1.62. The smallest absolute Gasteiger partial charge is 0.138 e. The van der Waals surface area contributed by atoms with Crippen molar-refractivity contribution in [3.05, 3.63) is 77.2 Å². The van der Waals surface area contributed by atoms with Crippen LogP contribution in [0.2, 0.25) is 5.02 Å². The maximum Gasteiger partial charge on any atom is 0.138 e. The van der Waals surface area contributed by atoms with Gasteiger partial charge in [0.2, 0.25) is 0 Å². The fourth-order valence-electron chi connectivity index (χ4n) is 2.90. The number of nitrogens with zero attached hydrogens (tertiary/aromatic N) is 3. The standard InChI is InChI=1S/C21H19ClN4O/c1-14-20(15-3-7-17(22)8-4-15)24-21(23-14)16-5-9-19(10-6-16)27-13-18-11-12-26(2)25-18/h3-12H,13H2,1-2H3,(H,23,24). The highest BCUT2D eigenvalue weighted by Crippen LogP contribution is 2.27. The molecule has 0 saturated heterocycles. The molecule has 0 spiro atoms. The molecule has 136 valence electrons. The van der Waals surface area contributed by atoms with Crippen molar-refractivity contribution in [2.75, 3.05) is 0 Å². The summed E-state index contributed by atoms with van der Waals surface area (Å²) in [4.78, 5) is 8.07. The molecule has 0 aliphatic carbocycles. The lowest BCUT2D eigenvalue weighted by molar-refractivity contribution is 0.300. The number of nitrogens with one attached hydrogen (secondary N) is 1. The van der Waals surface area contributed by atoms with Crippen molar-refractivity contribution in [3.63, 3.8) is 0 Å². The first-order valence-corrected chi connectivity index (χ1v) is 9.00. The molecule has 4 aromatic rings. The highest BCUT2D eigenvalue weighted by Gasteiger charge is 2.10. The number of aryl methyl sites for hydroxylation is 2. The lowest BCUT2D eigenvalue weighted by Crippen LogP contribution is -1.97. The molecular weight excluding hydrogens is 360 g/mol. The van der Waals surface area contributed by atoms with Crippen LogP contribution in [-0.4, -0.2) is 19.7 Å². The molecule has 0 amide bonds. The molecule has 0 radical (unpaired) electrons. The zero-order chi connectivity index (χ0) is 18.8. The molecule has 2 aromatic heterocycles. The molecule has 0 aliphatic heterocycles. The van der Waals surface area contributed by atoms with Crippen LogP contribution in [0.15, 0.2) is 60.8 Å². The van der Waals surface area contributed by atoms with Crippen molar-refractivity contribution in [1.29, 1.82) is 0 Å². The summed E-state index contributed by atoms with van der Waals surface area (Å²) in [7, 11) is 1.89. The zero-order valence-corrected chi connectivity index (χ0v) is 15.9. The summed E-state index contributed by atoms with van der Waals surface area (Å²) in [5.41, 5.74) is 4.91. The topological polar surface area (TPSA) is 55.7 Å². The lowest BCUT2D eigenvalue weighted by Gasteiger charge is -2.05. The van der Waals surface area contributed by atoms with E-state index in [4.69, 9.17) is 16.3 Å². The minimum atomic E-state index is 0.445. The molecule has 1 N–H and O–H groups in total. The number of H-pyrrole nitrogens is 1. The maximum absolute atomic E-state index is 5.98. The van der Waals surface area contributed by atoms with Crippen LogP contribution in [0.5, 0.6) is 5.75 Å². The number of hydrogen-bond donors (Lipinski definition) is 1. The number of imidazole rings is 1. The van der Waals surface area contributed by atoms with E-state index in [1.54, 1.807) is 4.68 Å². The Hall–Kier alpha value is -3.05. The second kappa shape index (κ2) is 7.29.